The summed E-state index contributed by atoms with van der Waals surface area (Å²) < 4.78 is 11.5. The van der Waals surface area contributed by atoms with E-state index in [9.17, 15) is 10.1 Å². The van der Waals surface area contributed by atoms with Crippen molar-refractivity contribution in [2.75, 3.05) is 13.2 Å². The number of nitrogens with one attached hydrogen (secondary N) is 1. The van der Waals surface area contributed by atoms with E-state index in [2.05, 4.69) is 11.1 Å². The van der Waals surface area contributed by atoms with E-state index in [1.807, 2.05) is 80.6 Å². The Morgan fingerprint density at radius 1 is 0.871 bits per heavy atom. The largest absolute Gasteiger partial charge is 0.494 e. The molecule has 3 aromatic carbocycles. The van der Waals surface area contributed by atoms with Gasteiger partial charge >= 0.3 is 0 Å². The zero-order valence-corrected chi connectivity index (χ0v) is 17.4. The fourth-order valence-corrected chi connectivity index (χ4v) is 3.75. The summed E-state index contributed by atoms with van der Waals surface area (Å²) in [4.78, 5) is 15.8. The van der Waals surface area contributed by atoms with Crippen LogP contribution in [0.5, 0.6) is 11.5 Å². The molecule has 0 unspecified atom stereocenters. The Labute approximate surface area is 180 Å². The third kappa shape index (κ3) is 3.88. The van der Waals surface area contributed by atoms with Crippen LogP contribution in [0.2, 0.25) is 0 Å². The third-order valence-electron chi connectivity index (χ3n) is 5.08. The van der Waals surface area contributed by atoms with Gasteiger partial charge in [0, 0.05) is 22.4 Å². The Kier molecular flexibility index (Phi) is 5.72. The van der Waals surface area contributed by atoms with Crippen LogP contribution in [0.4, 0.5) is 0 Å². The van der Waals surface area contributed by atoms with Crippen molar-refractivity contribution in [3.8, 4) is 40.0 Å². The van der Waals surface area contributed by atoms with Gasteiger partial charge in [0.1, 0.15) is 23.1 Å². The van der Waals surface area contributed by atoms with Crippen LogP contribution in [-0.4, -0.2) is 18.2 Å². The van der Waals surface area contributed by atoms with Crippen molar-refractivity contribution in [2.45, 2.75) is 13.8 Å². The fraction of sp³-hybridized carbons (Fsp3) is 0.154. The molecule has 0 amide bonds. The standard InChI is InChI=1S/C26H22N2O3/c1-3-30-18-12-13-25(31-4-2)22(14-18)21-15-24(28-26(29)23(21)16-27)20-11-7-9-17-8-5-6-10-19(17)20/h5-15H,3-4H2,1-2H3,(H,28,29). The molecule has 0 atom stereocenters. The van der Waals surface area contributed by atoms with Crippen LogP contribution in [0.25, 0.3) is 33.2 Å². The van der Waals surface area contributed by atoms with E-state index in [1.54, 1.807) is 0 Å². The number of aromatic nitrogens is 1. The van der Waals surface area contributed by atoms with E-state index in [0.29, 0.717) is 41.5 Å². The van der Waals surface area contributed by atoms with Gasteiger partial charge in [-0.3, -0.25) is 4.79 Å². The van der Waals surface area contributed by atoms with E-state index in [1.165, 1.54) is 0 Å². The minimum atomic E-state index is -0.438. The molecule has 154 valence electrons. The number of H-pyrrole nitrogens is 1. The van der Waals surface area contributed by atoms with Crippen LogP contribution in [0.1, 0.15) is 19.4 Å². The molecule has 0 radical (unpaired) electrons. The van der Waals surface area contributed by atoms with Crippen molar-refractivity contribution in [3.63, 3.8) is 0 Å². The maximum Gasteiger partial charge on any atom is 0.266 e. The summed E-state index contributed by atoms with van der Waals surface area (Å²) in [5.74, 6) is 1.24. The molecule has 0 spiro atoms. The summed E-state index contributed by atoms with van der Waals surface area (Å²) in [6.45, 7) is 4.77. The summed E-state index contributed by atoms with van der Waals surface area (Å²) in [5, 5.41) is 11.8. The lowest BCUT2D eigenvalue weighted by atomic mass is 9.96. The maximum atomic E-state index is 12.9. The summed E-state index contributed by atoms with van der Waals surface area (Å²) in [7, 11) is 0. The number of rotatable bonds is 6. The molecule has 5 nitrogen and oxygen atoms in total. The van der Waals surface area contributed by atoms with Gasteiger partial charge in [0.2, 0.25) is 0 Å². The van der Waals surface area contributed by atoms with Gasteiger partial charge in [0.25, 0.3) is 5.56 Å². The van der Waals surface area contributed by atoms with Crippen molar-refractivity contribution in [2.24, 2.45) is 0 Å². The van der Waals surface area contributed by atoms with E-state index in [-0.39, 0.29) is 5.56 Å². The number of pyridine rings is 1. The molecule has 0 saturated carbocycles. The van der Waals surface area contributed by atoms with Gasteiger partial charge in [-0.25, -0.2) is 0 Å². The lowest BCUT2D eigenvalue weighted by molar-refractivity contribution is 0.331. The van der Waals surface area contributed by atoms with Crippen molar-refractivity contribution in [3.05, 3.63) is 82.6 Å². The van der Waals surface area contributed by atoms with Crippen LogP contribution in [0, 0.1) is 11.3 Å². The monoisotopic (exact) mass is 410 g/mol. The average Bonchev–Trinajstić information content (AvgIpc) is 2.79. The molecule has 0 bridgehead atoms. The minimum absolute atomic E-state index is 0.0404. The Morgan fingerprint density at radius 2 is 1.65 bits per heavy atom. The van der Waals surface area contributed by atoms with Gasteiger partial charge in [-0.2, -0.15) is 5.26 Å². The van der Waals surface area contributed by atoms with Crippen molar-refractivity contribution >= 4 is 10.8 Å². The molecule has 0 fully saturated rings. The smallest absolute Gasteiger partial charge is 0.266 e. The molecule has 4 aromatic rings. The highest BCUT2D eigenvalue weighted by Gasteiger charge is 2.18. The second-order valence-corrected chi connectivity index (χ2v) is 6.96. The maximum absolute atomic E-state index is 12.9. The highest BCUT2D eigenvalue weighted by Crippen LogP contribution is 2.37. The van der Waals surface area contributed by atoms with Gasteiger partial charge < -0.3 is 14.5 Å². The molecule has 0 aliphatic carbocycles. The lowest BCUT2D eigenvalue weighted by Gasteiger charge is -2.15. The molecule has 1 N–H and O–H groups in total. The van der Waals surface area contributed by atoms with Gasteiger partial charge in [-0.05, 0) is 48.9 Å². The molecule has 0 aliphatic heterocycles. The van der Waals surface area contributed by atoms with E-state index in [4.69, 9.17) is 9.47 Å². The number of hydrogen-bond donors (Lipinski definition) is 1. The van der Waals surface area contributed by atoms with Crippen LogP contribution < -0.4 is 15.0 Å². The third-order valence-corrected chi connectivity index (χ3v) is 5.08. The molecule has 31 heavy (non-hydrogen) atoms. The van der Waals surface area contributed by atoms with Crippen LogP contribution in [0.15, 0.2) is 71.5 Å². The second-order valence-electron chi connectivity index (χ2n) is 6.96. The predicted octanol–water partition coefficient (Wildman–Crippen LogP) is 5.53. The normalized spacial score (nSPS) is 10.6. The summed E-state index contributed by atoms with van der Waals surface area (Å²) >= 11 is 0. The first kappa shape index (κ1) is 20.2. The second kappa shape index (κ2) is 8.76. The Morgan fingerprint density at radius 3 is 2.42 bits per heavy atom. The van der Waals surface area contributed by atoms with Gasteiger partial charge in [0.05, 0.1) is 13.2 Å². The average molecular weight is 410 g/mol. The number of hydrogen-bond acceptors (Lipinski definition) is 4. The highest BCUT2D eigenvalue weighted by atomic mass is 16.5. The predicted molar refractivity (Wildman–Crippen MR) is 122 cm³/mol. The van der Waals surface area contributed by atoms with E-state index in [0.717, 1.165) is 16.3 Å². The van der Waals surface area contributed by atoms with Crippen molar-refractivity contribution in [1.29, 1.82) is 5.26 Å². The van der Waals surface area contributed by atoms with Crippen LogP contribution >= 0.6 is 0 Å². The first-order valence-electron chi connectivity index (χ1n) is 10.2. The van der Waals surface area contributed by atoms with Gasteiger partial charge in [-0.1, -0.05) is 42.5 Å². The zero-order valence-electron chi connectivity index (χ0n) is 17.4. The number of nitrogens with zero attached hydrogens (tertiary/aromatic N) is 1. The van der Waals surface area contributed by atoms with Gasteiger partial charge in [-0.15, -0.1) is 0 Å². The summed E-state index contributed by atoms with van der Waals surface area (Å²) in [6.07, 6.45) is 0. The number of benzene rings is 3. The molecular formula is C26H22N2O3. The first-order valence-corrected chi connectivity index (χ1v) is 10.2. The van der Waals surface area contributed by atoms with Crippen molar-refractivity contribution < 1.29 is 9.47 Å². The summed E-state index contributed by atoms with van der Waals surface area (Å²) in [6, 6.07) is 23.3. The fourth-order valence-electron chi connectivity index (χ4n) is 3.75. The Hall–Kier alpha value is -4.04. The first-order chi connectivity index (χ1) is 15.2. The number of nitriles is 1. The number of fused-ring (bicyclic) bond motifs is 1. The van der Waals surface area contributed by atoms with E-state index >= 15 is 0 Å². The molecule has 0 saturated heterocycles. The highest BCUT2D eigenvalue weighted by molar-refractivity contribution is 5.96. The summed E-state index contributed by atoms with van der Waals surface area (Å²) in [5.41, 5.74) is 2.29. The molecule has 1 heterocycles. The number of aromatic amines is 1. The molecule has 1 aromatic heterocycles. The van der Waals surface area contributed by atoms with Crippen LogP contribution in [0.3, 0.4) is 0 Å². The molecule has 0 aliphatic rings. The quantitative estimate of drug-likeness (QED) is 0.453. The Bertz CT molecular complexity index is 1340. The zero-order chi connectivity index (χ0) is 21.8. The number of ether oxygens (including phenoxy) is 2. The van der Waals surface area contributed by atoms with Gasteiger partial charge in [0.15, 0.2) is 0 Å². The lowest BCUT2D eigenvalue weighted by Crippen LogP contribution is -2.13. The topological polar surface area (TPSA) is 75.1 Å². The minimum Gasteiger partial charge on any atom is -0.494 e. The molecule has 5 heteroatoms. The Balaban J connectivity index is 2.00. The SMILES string of the molecule is CCOc1ccc(OCC)c(-c2cc(-c3cccc4ccccc34)[nH]c(=O)c2C#N)c1. The van der Waals surface area contributed by atoms with Crippen molar-refractivity contribution in [1.82, 2.24) is 4.98 Å². The van der Waals surface area contributed by atoms with E-state index < -0.39 is 5.56 Å². The van der Waals surface area contributed by atoms with Crippen LogP contribution in [-0.2, 0) is 0 Å². The molecular weight excluding hydrogens is 388 g/mol. The molecule has 4 rings (SSSR count).